The highest BCUT2D eigenvalue weighted by Gasteiger charge is 2.14. The van der Waals surface area contributed by atoms with Crippen LogP contribution in [0.25, 0.3) is 0 Å². The van der Waals surface area contributed by atoms with Gasteiger partial charge < -0.3 is 15.3 Å². The number of nitrogens with one attached hydrogen (secondary N) is 1. The van der Waals surface area contributed by atoms with E-state index >= 15 is 0 Å². The van der Waals surface area contributed by atoms with Gasteiger partial charge in [-0.05, 0) is 54.6 Å². The lowest BCUT2D eigenvalue weighted by Gasteiger charge is -2.07. The lowest BCUT2D eigenvalue weighted by atomic mass is 10.2. The average molecular weight is 458 g/mol. The minimum absolute atomic E-state index is 0.0231. The number of carboxylic acid groups (broad SMARTS) is 2. The van der Waals surface area contributed by atoms with Crippen LogP contribution < -0.4 is 4.72 Å². The molecule has 4 N–H and O–H groups in total. The molecule has 0 unspecified atom stereocenters. The second-order valence-corrected chi connectivity index (χ2v) is 7.72. The Kier molecular flexibility index (Phi) is 7.96. The number of anilines is 1. The van der Waals surface area contributed by atoms with Crippen LogP contribution >= 0.6 is 0 Å². The van der Waals surface area contributed by atoms with Crippen molar-refractivity contribution in [2.75, 3.05) is 4.72 Å². The van der Waals surface area contributed by atoms with Crippen molar-refractivity contribution < 1.29 is 33.3 Å². The average Bonchev–Trinajstić information content (AvgIpc) is 2.73. The number of aromatic nitrogens is 1. The normalized spacial score (nSPS) is 10.8. The molecule has 166 valence electrons. The molecule has 1 aromatic heterocycles. The summed E-state index contributed by atoms with van der Waals surface area (Å²) in [4.78, 5) is 23.9. The molecule has 0 fully saturated rings. The van der Waals surface area contributed by atoms with Gasteiger partial charge in [0.1, 0.15) is 17.1 Å². The summed E-state index contributed by atoms with van der Waals surface area (Å²) >= 11 is 0. The highest BCUT2D eigenvalue weighted by Crippen LogP contribution is 2.25. The van der Waals surface area contributed by atoms with Gasteiger partial charge in [-0.3, -0.25) is 9.52 Å². The Morgan fingerprint density at radius 2 is 1.53 bits per heavy atom. The van der Waals surface area contributed by atoms with Gasteiger partial charge in [0.2, 0.25) is 0 Å². The maximum atomic E-state index is 12.3. The second-order valence-electron chi connectivity index (χ2n) is 6.04. The molecule has 0 aliphatic carbocycles. The van der Waals surface area contributed by atoms with Gasteiger partial charge in [-0.15, -0.1) is 0 Å². The summed E-state index contributed by atoms with van der Waals surface area (Å²) in [6.45, 7) is 1.08. The topological polar surface area (TPSA) is 179 Å². The molecule has 0 aliphatic rings. The van der Waals surface area contributed by atoms with Crippen molar-refractivity contribution in [2.45, 2.75) is 11.8 Å². The minimum atomic E-state index is -3.79. The summed E-state index contributed by atoms with van der Waals surface area (Å²) < 4.78 is 27.0. The molecule has 0 saturated carbocycles. The molecule has 0 radical (unpaired) electrons. The predicted molar refractivity (Wildman–Crippen MR) is 114 cm³/mol. The van der Waals surface area contributed by atoms with E-state index in [1.807, 2.05) is 0 Å². The second kappa shape index (κ2) is 10.6. The van der Waals surface area contributed by atoms with Crippen molar-refractivity contribution in [3.05, 3.63) is 72.4 Å². The van der Waals surface area contributed by atoms with Gasteiger partial charge in [-0.1, -0.05) is 6.07 Å². The third-order valence-electron chi connectivity index (χ3n) is 3.54. The number of hydrogen-bond acceptors (Lipinski definition) is 8. The van der Waals surface area contributed by atoms with E-state index in [0.29, 0.717) is 5.69 Å². The van der Waals surface area contributed by atoms with Crippen LogP contribution in [0.5, 0.6) is 5.75 Å². The lowest BCUT2D eigenvalue weighted by molar-refractivity contribution is -0.134. The Morgan fingerprint density at radius 3 is 2.09 bits per heavy atom. The number of pyridine rings is 1. The molecule has 0 spiro atoms. The Balaban J connectivity index is 0.000000837. The zero-order valence-corrected chi connectivity index (χ0v) is 17.4. The maximum Gasteiger partial charge on any atom is 0.339 e. The number of aliphatic carboxylic acids is 1. The van der Waals surface area contributed by atoms with Crippen LogP contribution in [-0.2, 0) is 14.8 Å². The van der Waals surface area contributed by atoms with Crippen molar-refractivity contribution >= 4 is 39.2 Å². The number of carboxylic acids is 2. The van der Waals surface area contributed by atoms with E-state index in [2.05, 4.69) is 19.9 Å². The number of sulfonamides is 1. The lowest BCUT2D eigenvalue weighted by Crippen LogP contribution is -2.13. The van der Waals surface area contributed by atoms with Gasteiger partial charge in [0.05, 0.1) is 16.3 Å². The zero-order chi connectivity index (χ0) is 23.7. The molecule has 32 heavy (non-hydrogen) atoms. The van der Waals surface area contributed by atoms with Crippen LogP contribution in [0, 0.1) is 0 Å². The number of azo groups is 1. The van der Waals surface area contributed by atoms with E-state index in [1.54, 1.807) is 12.1 Å². The third-order valence-corrected chi connectivity index (χ3v) is 4.91. The highest BCUT2D eigenvalue weighted by atomic mass is 32.2. The summed E-state index contributed by atoms with van der Waals surface area (Å²) in [6.07, 6.45) is 1.47. The molecule has 12 heteroatoms. The first-order chi connectivity index (χ1) is 15.1. The Morgan fingerprint density at radius 1 is 0.938 bits per heavy atom. The SMILES string of the molecule is CC(=O)O.O=C(O)c1cc(N=Nc2ccc(S(=O)(=O)Nc3ccccn3)cc2)ccc1O. The number of aromatic hydroxyl groups is 1. The van der Waals surface area contributed by atoms with Crippen molar-refractivity contribution in [2.24, 2.45) is 10.2 Å². The largest absolute Gasteiger partial charge is 0.507 e. The van der Waals surface area contributed by atoms with E-state index < -0.39 is 22.0 Å². The zero-order valence-electron chi connectivity index (χ0n) is 16.6. The van der Waals surface area contributed by atoms with Gasteiger partial charge in [0.25, 0.3) is 16.0 Å². The first-order valence-corrected chi connectivity index (χ1v) is 10.3. The van der Waals surface area contributed by atoms with Gasteiger partial charge in [0.15, 0.2) is 0 Å². The number of carbonyl (C=O) groups is 2. The van der Waals surface area contributed by atoms with Crippen molar-refractivity contribution in [1.29, 1.82) is 0 Å². The Labute approximate surface area is 182 Å². The van der Waals surface area contributed by atoms with Gasteiger partial charge in [-0.25, -0.2) is 18.2 Å². The molecule has 2 aromatic carbocycles. The van der Waals surface area contributed by atoms with Gasteiger partial charge in [0, 0.05) is 13.1 Å². The molecule has 3 aromatic rings. The number of hydrogen-bond donors (Lipinski definition) is 4. The van der Waals surface area contributed by atoms with Crippen LogP contribution in [-0.4, -0.2) is 40.7 Å². The molecule has 0 bridgehead atoms. The maximum absolute atomic E-state index is 12.3. The fraction of sp³-hybridized carbons (Fsp3) is 0.0500. The summed E-state index contributed by atoms with van der Waals surface area (Å²) in [6, 6.07) is 14.3. The van der Waals surface area contributed by atoms with E-state index in [4.69, 9.17) is 15.0 Å². The van der Waals surface area contributed by atoms with Crippen LogP contribution in [0.2, 0.25) is 0 Å². The molecule has 11 nitrogen and oxygen atoms in total. The Bertz CT molecular complexity index is 1220. The van der Waals surface area contributed by atoms with Crippen LogP contribution in [0.1, 0.15) is 17.3 Å². The van der Waals surface area contributed by atoms with E-state index in [9.17, 15) is 18.3 Å². The number of benzene rings is 2. The number of nitrogens with zero attached hydrogens (tertiary/aromatic N) is 3. The highest BCUT2D eigenvalue weighted by molar-refractivity contribution is 7.92. The van der Waals surface area contributed by atoms with Crippen LogP contribution in [0.3, 0.4) is 0 Å². The Hall–Kier alpha value is -4.32. The molecule has 0 aliphatic heterocycles. The molecular formula is C20H18N4O7S. The quantitative estimate of drug-likeness (QED) is 0.403. The van der Waals surface area contributed by atoms with Gasteiger partial charge >= 0.3 is 5.97 Å². The number of rotatable bonds is 6. The smallest absolute Gasteiger partial charge is 0.339 e. The first kappa shape index (κ1) is 24.0. The number of phenols is 1. The third kappa shape index (κ3) is 7.18. The van der Waals surface area contributed by atoms with Crippen molar-refractivity contribution in [3.63, 3.8) is 0 Å². The minimum Gasteiger partial charge on any atom is -0.507 e. The fourth-order valence-electron chi connectivity index (χ4n) is 2.18. The van der Waals surface area contributed by atoms with E-state index in [-0.39, 0.29) is 27.7 Å². The molecular weight excluding hydrogens is 440 g/mol. The van der Waals surface area contributed by atoms with Gasteiger partial charge in [-0.2, -0.15) is 10.2 Å². The molecule has 0 amide bonds. The van der Waals surface area contributed by atoms with E-state index in [1.165, 1.54) is 54.7 Å². The van der Waals surface area contributed by atoms with Crippen molar-refractivity contribution in [3.8, 4) is 5.75 Å². The summed E-state index contributed by atoms with van der Waals surface area (Å²) in [7, 11) is -3.79. The fourth-order valence-corrected chi connectivity index (χ4v) is 3.19. The predicted octanol–water partition coefficient (Wildman–Crippen LogP) is 3.79. The first-order valence-electron chi connectivity index (χ1n) is 8.80. The van der Waals surface area contributed by atoms with Crippen LogP contribution in [0.15, 0.2) is 82.0 Å². The van der Waals surface area contributed by atoms with Crippen LogP contribution in [0.4, 0.5) is 17.2 Å². The molecule has 0 saturated heterocycles. The summed E-state index contributed by atoms with van der Waals surface area (Å²) in [5, 5.41) is 33.7. The van der Waals surface area contributed by atoms with E-state index in [0.717, 1.165) is 6.92 Å². The molecule has 1 heterocycles. The molecule has 0 atom stereocenters. The standard InChI is InChI=1S/C18H14N4O5S.C2H4O2/c23-16-9-6-13(11-15(16)18(24)25)21-20-12-4-7-14(8-5-12)28(26,27)22-17-3-1-2-10-19-17;1-2(3)4/h1-11,23H,(H,19,22)(H,24,25);1H3,(H,3,4). The van der Waals surface area contributed by atoms with Crippen molar-refractivity contribution in [1.82, 2.24) is 4.98 Å². The summed E-state index contributed by atoms with van der Waals surface area (Å²) in [5.74, 6) is -2.29. The summed E-state index contributed by atoms with van der Waals surface area (Å²) in [5.41, 5.74) is 0.295. The molecule has 3 rings (SSSR count). The monoisotopic (exact) mass is 458 g/mol. The number of aromatic carboxylic acids is 1.